The summed E-state index contributed by atoms with van der Waals surface area (Å²) >= 11 is 1.52. The molecule has 0 saturated heterocycles. The quantitative estimate of drug-likeness (QED) is 0.614. The summed E-state index contributed by atoms with van der Waals surface area (Å²) in [5.41, 5.74) is 1.40. The van der Waals surface area contributed by atoms with Gasteiger partial charge in [-0.05, 0) is 25.3 Å². The summed E-state index contributed by atoms with van der Waals surface area (Å²) in [6, 6.07) is 2.83. The average molecular weight is 168 g/mol. The monoisotopic (exact) mass is 168 g/mol. The molecular weight excluding hydrogens is 160 g/mol. The van der Waals surface area contributed by atoms with Crippen LogP contribution in [0.15, 0.2) is 12.1 Å². The predicted octanol–water partition coefficient (Wildman–Crippen LogP) is 1.14. The van der Waals surface area contributed by atoms with Crippen LogP contribution in [0.25, 0.3) is 0 Å². The van der Waals surface area contributed by atoms with Crippen molar-refractivity contribution >= 4 is 23.8 Å². The molecule has 0 bridgehead atoms. The van der Waals surface area contributed by atoms with E-state index in [1.807, 2.05) is 12.8 Å². The van der Waals surface area contributed by atoms with Crippen molar-refractivity contribution in [2.45, 2.75) is 6.92 Å². The van der Waals surface area contributed by atoms with Crippen LogP contribution >= 0.6 is 11.6 Å². The van der Waals surface area contributed by atoms with Crippen molar-refractivity contribution < 1.29 is 4.39 Å². The molecule has 0 amide bonds. The number of aromatic nitrogens is 1. The molecule has 1 rings (SSSR count). The first-order chi connectivity index (χ1) is 5.22. The molecule has 0 spiro atoms. The Bertz CT molecular complexity index is 234. The van der Waals surface area contributed by atoms with E-state index in [2.05, 4.69) is 4.98 Å². The molecule has 0 aromatic carbocycles. The fourth-order valence-corrected chi connectivity index (χ4v) is 1.19. The van der Waals surface area contributed by atoms with E-state index in [9.17, 15) is 4.39 Å². The maximum absolute atomic E-state index is 12.7. The van der Waals surface area contributed by atoms with E-state index in [-0.39, 0.29) is 5.82 Å². The number of halogens is 1. The van der Waals surface area contributed by atoms with Crippen LogP contribution in [0.5, 0.6) is 0 Å². The zero-order chi connectivity index (χ0) is 8.27. The fraction of sp³-hybridized carbons (Fsp3) is 0.286. The van der Waals surface area contributed by atoms with Crippen LogP contribution < -0.4 is 5.59 Å². The zero-order valence-corrected chi connectivity index (χ0v) is 7.28. The highest BCUT2D eigenvalue weighted by atomic mass is 32.2. The van der Waals surface area contributed by atoms with Crippen LogP contribution in [-0.4, -0.2) is 17.8 Å². The lowest BCUT2D eigenvalue weighted by Crippen LogP contribution is -2.16. The number of hydrogen-bond acceptors (Lipinski definition) is 2. The number of nitrogens with zero attached hydrogens (tertiary/aromatic N) is 1. The molecule has 1 aromatic rings. The van der Waals surface area contributed by atoms with Crippen molar-refractivity contribution in [1.82, 2.24) is 4.98 Å². The van der Waals surface area contributed by atoms with Gasteiger partial charge in [0, 0.05) is 11.3 Å². The summed E-state index contributed by atoms with van der Waals surface area (Å²) in [7, 11) is 0. The Hall–Kier alpha value is -0.505. The second kappa shape index (κ2) is 3.76. The average Bonchev–Trinajstić information content (AvgIpc) is 1.85. The van der Waals surface area contributed by atoms with Crippen molar-refractivity contribution in [3.8, 4) is 0 Å². The lowest BCUT2D eigenvalue weighted by atomic mass is 10.0. The molecule has 1 heterocycles. The van der Waals surface area contributed by atoms with Gasteiger partial charge in [0.05, 0.1) is 0 Å². The largest absolute Gasteiger partial charge is 0.268 e. The van der Waals surface area contributed by atoms with Gasteiger partial charge in [0.15, 0.2) is 0 Å². The SMILES string of the molecule is CS[B]c1cc(F)cc(C)n1. The molecule has 1 nitrogen and oxygen atoms in total. The van der Waals surface area contributed by atoms with Crippen molar-refractivity contribution in [1.29, 1.82) is 0 Å². The molecular formula is C7H8BFNS. The van der Waals surface area contributed by atoms with E-state index in [1.165, 1.54) is 23.7 Å². The van der Waals surface area contributed by atoms with Crippen LogP contribution in [0.1, 0.15) is 5.69 Å². The van der Waals surface area contributed by atoms with Crippen LogP contribution in [0.4, 0.5) is 4.39 Å². The van der Waals surface area contributed by atoms with E-state index in [1.54, 1.807) is 6.92 Å². The van der Waals surface area contributed by atoms with E-state index in [0.29, 0.717) is 11.3 Å². The smallest absolute Gasteiger partial charge is 0.254 e. The van der Waals surface area contributed by atoms with Crippen LogP contribution in [0.2, 0.25) is 0 Å². The van der Waals surface area contributed by atoms with Gasteiger partial charge in [0.25, 0.3) is 6.56 Å². The van der Waals surface area contributed by atoms with Gasteiger partial charge in [-0.1, -0.05) is 0 Å². The van der Waals surface area contributed by atoms with Crippen LogP contribution in [0, 0.1) is 12.7 Å². The predicted molar refractivity (Wildman–Crippen MR) is 47.8 cm³/mol. The van der Waals surface area contributed by atoms with E-state index < -0.39 is 0 Å². The third-order valence-corrected chi connectivity index (χ3v) is 1.65. The Morgan fingerprint density at radius 3 is 2.82 bits per heavy atom. The second-order valence-corrected chi connectivity index (χ2v) is 2.91. The maximum Gasteiger partial charge on any atom is 0.254 e. The Labute approximate surface area is 70.6 Å². The number of aryl methyl sites for hydroxylation is 1. The number of hydrogen-bond donors (Lipinski definition) is 0. The van der Waals surface area contributed by atoms with Gasteiger partial charge in [0.1, 0.15) is 5.82 Å². The lowest BCUT2D eigenvalue weighted by Gasteiger charge is -1.97. The van der Waals surface area contributed by atoms with Crippen molar-refractivity contribution in [3.05, 3.63) is 23.6 Å². The van der Waals surface area contributed by atoms with Crippen LogP contribution in [0.3, 0.4) is 0 Å². The van der Waals surface area contributed by atoms with Crippen molar-refractivity contribution in [3.63, 3.8) is 0 Å². The van der Waals surface area contributed by atoms with Gasteiger partial charge in [-0.25, -0.2) is 16.0 Å². The van der Waals surface area contributed by atoms with Crippen LogP contribution in [-0.2, 0) is 0 Å². The Kier molecular flexibility index (Phi) is 2.94. The lowest BCUT2D eigenvalue weighted by molar-refractivity contribution is 0.625. The van der Waals surface area contributed by atoms with Gasteiger partial charge in [-0.3, -0.25) is 4.98 Å². The minimum absolute atomic E-state index is 0.224. The molecule has 4 heteroatoms. The van der Waals surface area contributed by atoms with Gasteiger partial charge < -0.3 is 0 Å². The summed E-state index contributed by atoms with van der Waals surface area (Å²) in [5.74, 6) is -0.224. The summed E-state index contributed by atoms with van der Waals surface area (Å²) in [4.78, 5) is 4.11. The molecule has 0 aliphatic heterocycles. The molecule has 0 unspecified atom stereocenters. The van der Waals surface area contributed by atoms with Gasteiger partial charge in [-0.15, -0.1) is 0 Å². The number of pyridine rings is 1. The van der Waals surface area contributed by atoms with E-state index >= 15 is 0 Å². The van der Waals surface area contributed by atoms with Crippen molar-refractivity contribution in [2.75, 3.05) is 6.26 Å². The minimum Gasteiger partial charge on any atom is -0.268 e. The first kappa shape index (κ1) is 8.59. The van der Waals surface area contributed by atoms with Gasteiger partial charge in [-0.2, -0.15) is 0 Å². The van der Waals surface area contributed by atoms with Gasteiger partial charge in [0.2, 0.25) is 0 Å². The highest BCUT2D eigenvalue weighted by Crippen LogP contribution is 1.97. The van der Waals surface area contributed by atoms with E-state index in [0.717, 1.165) is 0 Å². The fourth-order valence-electron chi connectivity index (χ4n) is 0.832. The standard InChI is InChI=1S/C7H8BFNS/c1-5-3-6(9)4-7(10-5)8-11-2/h3-4H,1-2H3. The maximum atomic E-state index is 12.7. The molecule has 57 valence electrons. The molecule has 0 N–H and O–H groups in total. The second-order valence-electron chi connectivity index (χ2n) is 2.21. The third kappa shape index (κ3) is 2.54. The zero-order valence-electron chi connectivity index (χ0n) is 6.47. The topological polar surface area (TPSA) is 12.9 Å². The Balaban J connectivity index is 2.89. The first-order valence-corrected chi connectivity index (χ1v) is 4.51. The highest BCUT2D eigenvalue weighted by molar-refractivity contribution is 8.23. The summed E-state index contributed by atoms with van der Waals surface area (Å²) < 4.78 is 12.7. The highest BCUT2D eigenvalue weighted by Gasteiger charge is 1.99. The molecule has 0 aliphatic carbocycles. The molecule has 1 radical (unpaired) electrons. The normalized spacial score (nSPS) is 9.73. The summed E-state index contributed by atoms with van der Waals surface area (Å²) in [6.07, 6.45) is 1.92. The minimum atomic E-state index is -0.224. The molecule has 0 fully saturated rings. The Morgan fingerprint density at radius 1 is 1.55 bits per heavy atom. The Morgan fingerprint density at radius 2 is 2.27 bits per heavy atom. The molecule has 1 aromatic heterocycles. The third-order valence-electron chi connectivity index (χ3n) is 1.18. The summed E-state index contributed by atoms with van der Waals surface area (Å²) in [5, 5.41) is 0. The summed E-state index contributed by atoms with van der Waals surface area (Å²) in [6.45, 7) is 3.59. The number of rotatable bonds is 2. The van der Waals surface area contributed by atoms with Crippen molar-refractivity contribution in [2.24, 2.45) is 0 Å². The van der Waals surface area contributed by atoms with E-state index in [4.69, 9.17) is 0 Å². The molecule has 0 atom stereocenters. The molecule has 0 aliphatic rings. The van der Waals surface area contributed by atoms with Gasteiger partial charge >= 0.3 is 0 Å². The first-order valence-electron chi connectivity index (χ1n) is 3.22. The molecule has 0 saturated carbocycles. The molecule has 11 heavy (non-hydrogen) atoms.